The lowest BCUT2D eigenvalue weighted by Gasteiger charge is -2.07. The molecule has 0 radical (unpaired) electrons. The van der Waals surface area contributed by atoms with E-state index in [9.17, 15) is 22.3 Å². The number of aliphatic hydroxyl groups is 1. The normalized spacial score (nSPS) is 11.9. The smallest absolute Gasteiger partial charge is 0.243 e. The summed E-state index contributed by atoms with van der Waals surface area (Å²) in [6.45, 7) is 1.19. The van der Waals surface area contributed by atoms with E-state index in [-0.39, 0.29) is 22.6 Å². The molecule has 132 valence electrons. The zero-order valence-electron chi connectivity index (χ0n) is 12.7. The number of benzene rings is 1. The highest BCUT2D eigenvalue weighted by Crippen LogP contribution is 2.36. The molecule has 3 aromatic rings. The van der Waals surface area contributed by atoms with Crippen molar-refractivity contribution in [1.82, 2.24) is 10.1 Å². The number of primary sulfonamides is 1. The van der Waals surface area contributed by atoms with Gasteiger partial charge in [-0.3, -0.25) is 0 Å². The molecule has 0 fully saturated rings. The van der Waals surface area contributed by atoms with Gasteiger partial charge in [0, 0.05) is 5.38 Å². The van der Waals surface area contributed by atoms with E-state index < -0.39 is 33.2 Å². The van der Waals surface area contributed by atoms with Crippen LogP contribution >= 0.6 is 11.3 Å². The van der Waals surface area contributed by atoms with Crippen molar-refractivity contribution < 1.29 is 26.8 Å². The first kappa shape index (κ1) is 17.6. The quantitative estimate of drug-likeness (QED) is 0.708. The van der Waals surface area contributed by atoms with Crippen LogP contribution in [0.25, 0.3) is 22.5 Å². The predicted octanol–water partition coefficient (Wildman–Crippen LogP) is 2.19. The Hall–Kier alpha value is -2.21. The fourth-order valence-electron chi connectivity index (χ4n) is 2.35. The van der Waals surface area contributed by atoms with E-state index in [1.165, 1.54) is 11.3 Å². The molecule has 0 saturated carbocycles. The summed E-state index contributed by atoms with van der Waals surface area (Å²) in [4.78, 5) is 3.00. The minimum Gasteiger partial charge on any atom is -0.388 e. The maximum Gasteiger partial charge on any atom is 0.243 e. The lowest BCUT2D eigenvalue weighted by atomic mass is 10.0. The van der Waals surface area contributed by atoms with Gasteiger partial charge in [0.15, 0.2) is 10.7 Å². The minimum atomic E-state index is -4.57. The lowest BCUT2D eigenvalue weighted by molar-refractivity contribution is 0.230. The minimum absolute atomic E-state index is 0.0391. The Morgan fingerprint density at radius 1 is 1.32 bits per heavy atom. The van der Waals surface area contributed by atoms with Crippen molar-refractivity contribution in [2.75, 3.05) is 0 Å². The van der Waals surface area contributed by atoms with Gasteiger partial charge in [0.25, 0.3) is 0 Å². The van der Waals surface area contributed by atoms with Crippen LogP contribution in [0, 0.1) is 18.6 Å². The Morgan fingerprint density at radius 3 is 2.44 bits per heavy atom. The summed E-state index contributed by atoms with van der Waals surface area (Å²) in [5.41, 5.74) is 0.632. The van der Waals surface area contributed by atoms with Gasteiger partial charge in [-0.15, -0.1) is 11.3 Å². The van der Waals surface area contributed by atoms with Crippen LogP contribution in [0.5, 0.6) is 0 Å². The van der Waals surface area contributed by atoms with Gasteiger partial charge < -0.3 is 9.63 Å². The topological polar surface area (TPSA) is 119 Å². The number of aliphatic hydroxyl groups excluding tert-OH is 1. The average Bonchev–Trinajstić information content (AvgIpc) is 3.10. The number of hydrogen-bond acceptors (Lipinski definition) is 7. The monoisotopic (exact) mass is 387 g/mol. The number of hydrogen-bond donors (Lipinski definition) is 2. The van der Waals surface area contributed by atoms with Crippen molar-refractivity contribution in [3.05, 3.63) is 39.9 Å². The zero-order chi connectivity index (χ0) is 18.4. The molecule has 3 rings (SSSR count). The number of aromatic nitrogens is 2. The van der Waals surface area contributed by atoms with Crippen LogP contribution in [-0.4, -0.2) is 23.7 Å². The molecule has 11 heteroatoms. The molecular weight excluding hydrogens is 376 g/mol. The molecule has 0 saturated heterocycles. The molecule has 2 heterocycles. The van der Waals surface area contributed by atoms with Crippen molar-refractivity contribution in [3.8, 4) is 22.5 Å². The first-order valence-electron chi connectivity index (χ1n) is 6.76. The molecule has 3 N–H and O–H groups in total. The van der Waals surface area contributed by atoms with E-state index in [2.05, 4.69) is 10.1 Å². The number of sulfonamides is 1. The number of halogens is 2. The summed E-state index contributed by atoms with van der Waals surface area (Å²) in [5, 5.41) is 20.4. The molecule has 0 bridgehead atoms. The molecule has 2 aromatic heterocycles. The summed E-state index contributed by atoms with van der Waals surface area (Å²) < 4.78 is 55.9. The molecule has 7 nitrogen and oxygen atoms in total. The molecule has 0 aliphatic rings. The predicted molar refractivity (Wildman–Crippen MR) is 85.0 cm³/mol. The molecule has 0 amide bonds. The van der Waals surface area contributed by atoms with E-state index in [4.69, 9.17) is 9.66 Å². The lowest BCUT2D eigenvalue weighted by Crippen LogP contribution is -2.16. The van der Waals surface area contributed by atoms with Gasteiger partial charge in [0.2, 0.25) is 10.0 Å². The van der Waals surface area contributed by atoms with Gasteiger partial charge in [0.1, 0.15) is 29.6 Å². The third kappa shape index (κ3) is 3.18. The third-order valence-corrected chi connectivity index (χ3v) is 5.07. The molecule has 1 aromatic carbocycles. The highest BCUT2D eigenvalue weighted by atomic mass is 32.2. The number of aryl methyl sites for hydroxylation is 1. The summed E-state index contributed by atoms with van der Waals surface area (Å²) in [6.07, 6.45) is 0. The number of nitrogens with zero attached hydrogens (tertiary/aromatic N) is 2. The Bertz CT molecular complexity index is 1040. The van der Waals surface area contributed by atoms with Crippen molar-refractivity contribution in [3.63, 3.8) is 0 Å². The number of rotatable bonds is 4. The van der Waals surface area contributed by atoms with E-state index >= 15 is 0 Å². The second kappa shape index (κ2) is 6.26. The Kier molecular flexibility index (Phi) is 4.41. The van der Waals surface area contributed by atoms with Crippen LogP contribution in [0.1, 0.15) is 10.8 Å². The summed E-state index contributed by atoms with van der Waals surface area (Å²) in [6, 6.07) is 1.58. The number of thiazole rings is 1. The van der Waals surface area contributed by atoms with Crippen LogP contribution in [0.15, 0.2) is 26.9 Å². The third-order valence-electron chi connectivity index (χ3n) is 3.34. The molecular formula is C14H11F2N3O4S2. The van der Waals surface area contributed by atoms with E-state index in [1.54, 1.807) is 12.3 Å². The Morgan fingerprint density at radius 2 is 1.96 bits per heavy atom. The molecule has 0 unspecified atom stereocenters. The second-order valence-electron chi connectivity index (χ2n) is 5.05. The van der Waals surface area contributed by atoms with Crippen molar-refractivity contribution in [1.29, 1.82) is 0 Å². The van der Waals surface area contributed by atoms with Crippen LogP contribution in [0.4, 0.5) is 8.78 Å². The van der Waals surface area contributed by atoms with Gasteiger partial charge in [-0.05, 0) is 24.6 Å². The first-order valence-corrected chi connectivity index (χ1v) is 9.19. The summed E-state index contributed by atoms with van der Waals surface area (Å²) in [7, 11) is -4.57. The summed E-state index contributed by atoms with van der Waals surface area (Å²) in [5.74, 6) is -2.76. The maximum absolute atomic E-state index is 14.1. The molecule has 0 aliphatic carbocycles. The highest BCUT2D eigenvalue weighted by Gasteiger charge is 2.26. The number of nitrogens with two attached hydrogens (primary N) is 1. The van der Waals surface area contributed by atoms with E-state index in [0.29, 0.717) is 5.69 Å². The highest BCUT2D eigenvalue weighted by molar-refractivity contribution is 7.89. The fourth-order valence-corrected chi connectivity index (χ4v) is 3.61. The van der Waals surface area contributed by atoms with Crippen molar-refractivity contribution in [2.24, 2.45) is 5.14 Å². The standard InChI is InChI=1S/C14H11F2N3O4S2/c1-6-18-10(5-24-6)13-12(11(4-20)23-19-13)7-2-8(15)14(9(16)3-7)25(17,21)22/h2-3,5,20H,4H2,1H3,(H2,17,21,22). The zero-order valence-corrected chi connectivity index (χ0v) is 14.3. The van der Waals surface area contributed by atoms with Gasteiger partial charge in [-0.25, -0.2) is 27.3 Å². The SMILES string of the molecule is Cc1nc(-c2noc(CO)c2-c2cc(F)c(S(N)(=O)=O)c(F)c2)cs1. The van der Waals surface area contributed by atoms with Crippen LogP contribution < -0.4 is 5.14 Å². The van der Waals surface area contributed by atoms with Crippen LogP contribution in [0.2, 0.25) is 0 Å². The van der Waals surface area contributed by atoms with Gasteiger partial charge >= 0.3 is 0 Å². The van der Waals surface area contributed by atoms with Crippen LogP contribution in [-0.2, 0) is 16.6 Å². The molecule has 0 aliphatic heterocycles. The first-order chi connectivity index (χ1) is 11.7. The maximum atomic E-state index is 14.1. The Balaban J connectivity index is 2.25. The van der Waals surface area contributed by atoms with Crippen LogP contribution in [0.3, 0.4) is 0 Å². The average molecular weight is 387 g/mol. The molecule has 0 spiro atoms. The van der Waals surface area contributed by atoms with Gasteiger partial charge in [-0.1, -0.05) is 5.16 Å². The van der Waals surface area contributed by atoms with E-state index in [0.717, 1.165) is 17.1 Å². The summed E-state index contributed by atoms with van der Waals surface area (Å²) >= 11 is 1.33. The van der Waals surface area contributed by atoms with Gasteiger partial charge in [0.05, 0.1) is 10.6 Å². The molecule has 0 atom stereocenters. The largest absolute Gasteiger partial charge is 0.388 e. The second-order valence-corrected chi connectivity index (χ2v) is 7.61. The van der Waals surface area contributed by atoms with Crippen molar-refractivity contribution in [2.45, 2.75) is 18.4 Å². The van der Waals surface area contributed by atoms with E-state index in [1.807, 2.05) is 0 Å². The van der Waals surface area contributed by atoms with Crippen molar-refractivity contribution >= 4 is 21.4 Å². The van der Waals surface area contributed by atoms with Gasteiger partial charge in [-0.2, -0.15) is 0 Å². The fraction of sp³-hybridized carbons (Fsp3) is 0.143. The molecule has 25 heavy (non-hydrogen) atoms. The Labute approximate surface area is 144 Å².